The first-order chi connectivity index (χ1) is 10.2. The van der Waals surface area contributed by atoms with Crippen LogP contribution in [0.25, 0.3) is 16.7 Å². The molecule has 0 aliphatic heterocycles. The third kappa shape index (κ3) is 2.20. The number of methoxy groups -OCH3 is 1. The number of ether oxygens (including phenoxy) is 1. The van der Waals surface area contributed by atoms with E-state index in [0.717, 1.165) is 5.39 Å². The fourth-order valence-electron chi connectivity index (χ4n) is 2.18. The molecular formula is C15H14N4O2. The number of nitrogens with zero attached hydrogens (tertiary/aromatic N) is 3. The molecule has 6 nitrogen and oxygen atoms in total. The van der Waals surface area contributed by atoms with Gasteiger partial charge in [0, 0.05) is 24.2 Å². The first kappa shape index (κ1) is 13.1. The molecule has 2 aromatic heterocycles. The number of hydrogen-bond acceptors (Lipinski definition) is 4. The highest BCUT2D eigenvalue weighted by Gasteiger charge is 2.14. The summed E-state index contributed by atoms with van der Waals surface area (Å²) in [6.45, 7) is 0. The average molecular weight is 282 g/mol. The van der Waals surface area contributed by atoms with Crippen LogP contribution in [0.3, 0.4) is 0 Å². The highest BCUT2D eigenvalue weighted by Crippen LogP contribution is 2.26. The lowest BCUT2D eigenvalue weighted by Crippen LogP contribution is -2.18. The van der Waals surface area contributed by atoms with Crippen LogP contribution in [0.5, 0.6) is 5.75 Å². The van der Waals surface area contributed by atoms with Crippen LogP contribution in [0.15, 0.2) is 42.7 Å². The van der Waals surface area contributed by atoms with E-state index in [1.165, 1.54) is 0 Å². The molecule has 21 heavy (non-hydrogen) atoms. The van der Waals surface area contributed by atoms with E-state index in [4.69, 9.17) is 4.74 Å². The van der Waals surface area contributed by atoms with E-state index in [2.05, 4.69) is 15.4 Å². The quantitative estimate of drug-likeness (QED) is 0.795. The lowest BCUT2D eigenvalue weighted by atomic mass is 10.1. The number of nitrogens with one attached hydrogen (secondary N) is 1. The SMILES string of the molecule is CNC(=O)c1ccc(OC)c(-n2ncc3cccnc32)c1. The number of benzene rings is 1. The maximum Gasteiger partial charge on any atom is 0.251 e. The van der Waals surface area contributed by atoms with Crippen LogP contribution in [0, 0.1) is 0 Å². The van der Waals surface area contributed by atoms with Crippen LogP contribution < -0.4 is 10.1 Å². The smallest absolute Gasteiger partial charge is 0.251 e. The van der Waals surface area contributed by atoms with Crippen molar-refractivity contribution in [1.82, 2.24) is 20.1 Å². The molecule has 1 N–H and O–H groups in total. The maximum atomic E-state index is 11.8. The van der Waals surface area contributed by atoms with Gasteiger partial charge in [0.1, 0.15) is 11.4 Å². The molecule has 1 amide bonds. The third-order valence-electron chi connectivity index (χ3n) is 3.23. The second-order valence-corrected chi connectivity index (χ2v) is 4.44. The molecule has 0 atom stereocenters. The Balaban J connectivity index is 2.22. The Morgan fingerprint density at radius 3 is 2.95 bits per heavy atom. The number of carbonyl (C=O) groups is 1. The van der Waals surface area contributed by atoms with Crippen molar-refractivity contribution in [3.63, 3.8) is 0 Å². The molecule has 106 valence electrons. The summed E-state index contributed by atoms with van der Waals surface area (Å²) < 4.78 is 7.03. The summed E-state index contributed by atoms with van der Waals surface area (Å²) in [4.78, 5) is 16.1. The molecule has 0 saturated carbocycles. The zero-order valence-electron chi connectivity index (χ0n) is 11.7. The van der Waals surface area contributed by atoms with E-state index in [-0.39, 0.29) is 5.91 Å². The van der Waals surface area contributed by atoms with Gasteiger partial charge in [0.25, 0.3) is 5.91 Å². The highest BCUT2D eigenvalue weighted by molar-refractivity contribution is 5.95. The predicted molar refractivity (Wildman–Crippen MR) is 78.8 cm³/mol. The zero-order valence-corrected chi connectivity index (χ0v) is 11.7. The van der Waals surface area contributed by atoms with Crippen molar-refractivity contribution in [2.24, 2.45) is 0 Å². The van der Waals surface area contributed by atoms with Crippen LogP contribution >= 0.6 is 0 Å². The Morgan fingerprint density at radius 2 is 2.19 bits per heavy atom. The molecule has 0 spiro atoms. The normalized spacial score (nSPS) is 10.6. The fraction of sp³-hybridized carbons (Fsp3) is 0.133. The van der Waals surface area contributed by atoms with Crippen LogP contribution in [-0.4, -0.2) is 34.8 Å². The molecule has 6 heteroatoms. The van der Waals surface area contributed by atoms with Crippen molar-refractivity contribution in [2.75, 3.05) is 14.2 Å². The molecule has 3 aromatic rings. The van der Waals surface area contributed by atoms with Gasteiger partial charge in [-0.2, -0.15) is 5.10 Å². The van der Waals surface area contributed by atoms with E-state index in [9.17, 15) is 4.79 Å². The molecule has 0 unspecified atom stereocenters. The first-order valence-electron chi connectivity index (χ1n) is 6.44. The standard InChI is InChI=1S/C15H14N4O2/c1-16-15(20)10-5-6-13(21-2)12(8-10)19-14-11(9-18-19)4-3-7-17-14/h3-9H,1-2H3,(H,16,20). The minimum atomic E-state index is -0.164. The Labute approximate surface area is 121 Å². The Bertz CT molecular complexity index is 810. The van der Waals surface area contributed by atoms with Gasteiger partial charge in [0.05, 0.1) is 13.3 Å². The number of hydrogen-bond donors (Lipinski definition) is 1. The summed E-state index contributed by atoms with van der Waals surface area (Å²) in [6, 6.07) is 8.98. The highest BCUT2D eigenvalue weighted by atomic mass is 16.5. The summed E-state index contributed by atoms with van der Waals surface area (Å²) in [6.07, 6.45) is 3.43. The van der Waals surface area contributed by atoms with Gasteiger partial charge in [0.15, 0.2) is 5.65 Å². The molecule has 0 bridgehead atoms. The van der Waals surface area contributed by atoms with E-state index in [1.54, 1.807) is 49.4 Å². The summed E-state index contributed by atoms with van der Waals surface area (Å²) in [7, 11) is 3.18. The monoisotopic (exact) mass is 282 g/mol. The predicted octanol–water partition coefficient (Wildman–Crippen LogP) is 1.79. The number of amides is 1. The van der Waals surface area contributed by atoms with E-state index >= 15 is 0 Å². The molecule has 1 aromatic carbocycles. The van der Waals surface area contributed by atoms with Gasteiger partial charge in [-0.3, -0.25) is 4.79 Å². The van der Waals surface area contributed by atoms with Gasteiger partial charge in [-0.25, -0.2) is 9.67 Å². The minimum Gasteiger partial charge on any atom is -0.494 e. The van der Waals surface area contributed by atoms with Crippen molar-refractivity contribution in [3.8, 4) is 11.4 Å². The lowest BCUT2D eigenvalue weighted by molar-refractivity contribution is 0.0963. The van der Waals surface area contributed by atoms with E-state index in [0.29, 0.717) is 22.6 Å². The van der Waals surface area contributed by atoms with Gasteiger partial charge in [0.2, 0.25) is 0 Å². The number of rotatable bonds is 3. The molecule has 3 rings (SSSR count). The lowest BCUT2D eigenvalue weighted by Gasteiger charge is -2.11. The summed E-state index contributed by atoms with van der Waals surface area (Å²) in [5.74, 6) is 0.460. The fourth-order valence-corrected chi connectivity index (χ4v) is 2.18. The average Bonchev–Trinajstić information content (AvgIpc) is 2.97. The molecule has 0 fully saturated rings. The number of aromatic nitrogens is 3. The van der Waals surface area contributed by atoms with Gasteiger partial charge < -0.3 is 10.1 Å². The molecule has 0 saturated heterocycles. The van der Waals surface area contributed by atoms with Crippen LogP contribution in [-0.2, 0) is 0 Å². The van der Waals surface area contributed by atoms with Crippen molar-refractivity contribution in [3.05, 3.63) is 48.3 Å². The molecule has 0 aliphatic rings. The van der Waals surface area contributed by atoms with Crippen LogP contribution in [0.4, 0.5) is 0 Å². The van der Waals surface area contributed by atoms with Gasteiger partial charge in [-0.05, 0) is 30.3 Å². The Kier molecular flexibility index (Phi) is 3.27. The van der Waals surface area contributed by atoms with Crippen molar-refractivity contribution >= 4 is 16.9 Å². The van der Waals surface area contributed by atoms with Crippen molar-refractivity contribution in [1.29, 1.82) is 0 Å². The van der Waals surface area contributed by atoms with E-state index in [1.807, 2.05) is 12.1 Å². The minimum absolute atomic E-state index is 0.164. The second kappa shape index (κ2) is 5.24. The Hall–Kier alpha value is -2.89. The number of carbonyl (C=O) groups excluding carboxylic acids is 1. The van der Waals surface area contributed by atoms with Crippen molar-refractivity contribution in [2.45, 2.75) is 0 Å². The summed E-state index contributed by atoms with van der Waals surface area (Å²) in [5, 5.41) is 7.87. The zero-order chi connectivity index (χ0) is 14.8. The van der Waals surface area contributed by atoms with Crippen molar-refractivity contribution < 1.29 is 9.53 Å². The van der Waals surface area contributed by atoms with Gasteiger partial charge >= 0.3 is 0 Å². The number of fused-ring (bicyclic) bond motifs is 1. The number of pyridine rings is 1. The maximum absolute atomic E-state index is 11.8. The molecule has 2 heterocycles. The molecular weight excluding hydrogens is 268 g/mol. The van der Waals surface area contributed by atoms with Crippen LogP contribution in [0.2, 0.25) is 0 Å². The van der Waals surface area contributed by atoms with Gasteiger partial charge in [-0.15, -0.1) is 0 Å². The topological polar surface area (TPSA) is 69.0 Å². The van der Waals surface area contributed by atoms with E-state index < -0.39 is 0 Å². The molecule has 0 radical (unpaired) electrons. The van der Waals surface area contributed by atoms with Crippen LogP contribution in [0.1, 0.15) is 10.4 Å². The Morgan fingerprint density at radius 1 is 1.33 bits per heavy atom. The van der Waals surface area contributed by atoms with Gasteiger partial charge in [-0.1, -0.05) is 0 Å². The summed E-state index contributed by atoms with van der Waals surface area (Å²) >= 11 is 0. The largest absolute Gasteiger partial charge is 0.494 e. The first-order valence-corrected chi connectivity index (χ1v) is 6.44. The second-order valence-electron chi connectivity index (χ2n) is 4.44. The third-order valence-corrected chi connectivity index (χ3v) is 3.23. The summed E-state index contributed by atoms with van der Waals surface area (Å²) in [5.41, 5.74) is 1.92. The molecule has 0 aliphatic carbocycles.